The van der Waals surface area contributed by atoms with Crippen molar-refractivity contribution < 1.29 is 32.2 Å². The van der Waals surface area contributed by atoms with Crippen molar-refractivity contribution in [1.82, 2.24) is 25.2 Å². The number of likely N-dealkylation sites (tertiary alicyclic amines) is 1. The Morgan fingerprint density at radius 3 is 2.31 bits per heavy atom. The van der Waals surface area contributed by atoms with E-state index in [4.69, 9.17) is 9.47 Å². The monoisotopic (exact) mass is 603 g/mol. The lowest BCUT2D eigenvalue weighted by molar-refractivity contribution is -0.145. The van der Waals surface area contributed by atoms with Crippen LogP contribution in [0.15, 0.2) is 36.8 Å². The van der Waals surface area contributed by atoms with Gasteiger partial charge in [0.1, 0.15) is 22.5 Å². The van der Waals surface area contributed by atoms with Gasteiger partial charge in [0.2, 0.25) is 5.82 Å². The molecule has 1 saturated carbocycles. The number of aromatic nitrogens is 3. The van der Waals surface area contributed by atoms with E-state index < -0.39 is 29.6 Å². The van der Waals surface area contributed by atoms with Crippen LogP contribution >= 0.6 is 11.3 Å². The molecule has 1 atom stereocenters. The molecule has 1 spiro atoms. The van der Waals surface area contributed by atoms with Crippen molar-refractivity contribution >= 4 is 23.3 Å². The normalized spacial score (nSPS) is 17.3. The number of halogens is 3. The molecule has 9 nitrogen and oxygen atoms in total. The van der Waals surface area contributed by atoms with Crippen LogP contribution in [0.2, 0.25) is 0 Å². The van der Waals surface area contributed by atoms with Crippen molar-refractivity contribution in [2.24, 2.45) is 5.41 Å². The number of aryl methyl sites for hydroxylation is 1. The highest BCUT2D eigenvalue weighted by Gasteiger charge is 2.55. The maximum atomic E-state index is 13.3. The van der Waals surface area contributed by atoms with Gasteiger partial charge < -0.3 is 19.7 Å². The van der Waals surface area contributed by atoms with E-state index in [1.165, 1.54) is 11.3 Å². The fourth-order valence-electron chi connectivity index (χ4n) is 5.14. The topological polar surface area (TPSA) is 107 Å². The predicted molar refractivity (Wildman–Crippen MR) is 149 cm³/mol. The zero-order chi connectivity index (χ0) is 30.4. The lowest BCUT2D eigenvalue weighted by Crippen LogP contribution is -2.66. The summed E-state index contributed by atoms with van der Waals surface area (Å²) in [4.78, 5) is 39.5. The van der Waals surface area contributed by atoms with Gasteiger partial charge >= 0.3 is 12.3 Å². The Labute approximate surface area is 245 Å². The third-order valence-electron chi connectivity index (χ3n) is 7.14. The van der Waals surface area contributed by atoms with E-state index >= 15 is 0 Å². The van der Waals surface area contributed by atoms with E-state index in [9.17, 15) is 22.8 Å². The number of carbonyl (C=O) groups excluding carboxylic acids is 2. The summed E-state index contributed by atoms with van der Waals surface area (Å²) < 4.78 is 50.2. The van der Waals surface area contributed by atoms with Crippen LogP contribution in [0.1, 0.15) is 73.2 Å². The van der Waals surface area contributed by atoms with Crippen molar-refractivity contribution in [2.45, 2.75) is 71.4 Å². The van der Waals surface area contributed by atoms with Gasteiger partial charge in [-0.2, -0.15) is 13.2 Å². The first kappa shape index (κ1) is 29.7. The molecule has 0 radical (unpaired) electrons. The van der Waals surface area contributed by atoms with Gasteiger partial charge in [0.05, 0.1) is 6.04 Å². The molecular weight excluding hydrogens is 571 g/mol. The molecule has 5 rings (SSSR count). The molecule has 3 heterocycles. The van der Waals surface area contributed by atoms with E-state index in [2.05, 4.69) is 20.3 Å². The number of nitrogens with zero attached hydrogens (tertiary/aromatic N) is 4. The molecule has 42 heavy (non-hydrogen) atoms. The number of thiazole rings is 1. The number of benzene rings is 1. The van der Waals surface area contributed by atoms with E-state index in [0.29, 0.717) is 30.0 Å². The van der Waals surface area contributed by atoms with Gasteiger partial charge in [-0.05, 0) is 65.7 Å². The summed E-state index contributed by atoms with van der Waals surface area (Å²) in [5.41, 5.74) is 0.851. The number of alkyl halides is 3. The fraction of sp³-hybridized carbons (Fsp3) is 0.483. The molecule has 1 aliphatic carbocycles. The van der Waals surface area contributed by atoms with Gasteiger partial charge in [-0.3, -0.25) is 4.79 Å². The molecule has 1 N–H and O–H groups in total. The zero-order valence-corrected chi connectivity index (χ0v) is 24.7. The Bertz CT molecular complexity index is 1470. The highest BCUT2D eigenvalue weighted by molar-refractivity contribution is 7.14. The lowest BCUT2D eigenvalue weighted by atomic mass is 9.62. The molecule has 3 aromatic rings. The molecule has 2 aromatic heterocycles. The van der Waals surface area contributed by atoms with Crippen molar-refractivity contribution in [1.29, 1.82) is 0 Å². The van der Waals surface area contributed by atoms with Gasteiger partial charge in [-0.15, -0.1) is 11.3 Å². The lowest BCUT2D eigenvalue weighted by Gasteiger charge is -2.58. The van der Waals surface area contributed by atoms with Crippen LogP contribution in [-0.4, -0.2) is 56.6 Å². The van der Waals surface area contributed by atoms with Crippen molar-refractivity contribution in [3.05, 3.63) is 58.6 Å². The zero-order valence-electron chi connectivity index (χ0n) is 23.9. The maximum Gasteiger partial charge on any atom is 0.451 e. The van der Waals surface area contributed by atoms with Crippen LogP contribution in [0, 0.1) is 12.3 Å². The summed E-state index contributed by atoms with van der Waals surface area (Å²) in [7, 11) is 0. The second-order valence-electron chi connectivity index (χ2n) is 12.0. The molecule has 13 heteroatoms. The number of hydrogen-bond donors (Lipinski definition) is 1. The smallest absolute Gasteiger partial charge is 0.451 e. The molecule has 1 aliphatic heterocycles. The van der Waals surface area contributed by atoms with Crippen LogP contribution in [-0.2, 0) is 10.9 Å². The summed E-state index contributed by atoms with van der Waals surface area (Å²) in [5, 5.41) is 3.53. The second kappa shape index (κ2) is 10.8. The van der Waals surface area contributed by atoms with E-state index in [0.717, 1.165) is 40.7 Å². The molecule has 0 bridgehead atoms. The van der Waals surface area contributed by atoms with Crippen LogP contribution in [0.25, 0.3) is 10.6 Å². The van der Waals surface area contributed by atoms with Crippen molar-refractivity contribution in [2.75, 3.05) is 13.1 Å². The van der Waals surface area contributed by atoms with Crippen LogP contribution < -0.4 is 10.1 Å². The highest BCUT2D eigenvalue weighted by Crippen LogP contribution is 2.50. The molecule has 2 aliphatic rings. The average Bonchev–Trinajstić information content (AvgIpc) is 3.29. The minimum atomic E-state index is -4.65. The number of ether oxygens (including phenoxy) is 2. The number of rotatable bonds is 6. The molecule has 1 unspecified atom stereocenters. The maximum absolute atomic E-state index is 13.3. The minimum absolute atomic E-state index is 0.0188. The molecule has 224 valence electrons. The SMILES string of the molecule is Cc1cnc(-c2cc(OC3CC4(C3)CN(C(=O)OC(C)(C)C)C4)cc(C(=O)NC(C)c3cnc(C(F)(F)F)nc3)c2)s1. The van der Waals surface area contributed by atoms with Gasteiger partial charge in [0.15, 0.2) is 0 Å². The Morgan fingerprint density at radius 1 is 1.07 bits per heavy atom. The Hall–Kier alpha value is -3.74. The second-order valence-corrected chi connectivity index (χ2v) is 13.3. The molecule has 2 amide bonds. The molecule has 2 fully saturated rings. The van der Waals surface area contributed by atoms with Gasteiger partial charge in [-0.1, -0.05) is 0 Å². The van der Waals surface area contributed by atoms with E-state index in [1.54, 1.807) is 30.2 Å². The van der Waals surface area contributed by atoms with Crippen LogP contribution in [0.3, 0.4) is 0 Å². The molecular formula is C29H32F3N5O4S. The Balaban J connectivity index is 1.26. The Morgan fingerprint density at radius 2 is 1.74 bits per heavy atom. The van der Waals surface area contributed by atoms with E-state index in [-0.39, 0.29) is 17.6 Å². The standard InChI is InChI=1S/C29H32F3N5O4S/c1-16-11-33-24(42-16)19-6-18(23(38)36-17(2)20-12-34-25(35-13-20)29(30,31)32)7-21(8-19)40-22-9-28(10-22)14-37(15-28)26(39)41-27(3,4)5/h6-8,11-13,17,22H,9-10,14-15H2,1-5H3,(H,36,38). The summed E-state index contributed by atoms with van der Waals surface area (Å²) in [6.07, 6.45) is 0.394. The first-order valence-electron chi connectivity index (χ1n) is 13.5. The average molecular weight is 604 g/mol. The van der Waals surface area contributed by atoms with Gasteiger partial charge in [0, 0.05) is 58.7 Å². The largest absolute Gasteiger partial charge is 0.490 e. The van der Waals surface area contributed by atoms with Crippen LogP contribution in [0.4, 0.5) is 18.0 Å². The summed E-state index contributed by atoms with van der Waals surface area (Å²) in [5.74, 6) is -1.16. The van der Waals surface area contributed by atoms with Crippen molar-refractivity contribution in [3.63, 3.8) is 0 Å². The highest BCUT2D eigenvalue weighted by atomic mass is 32.1. The Kier molecular flexibility index (Phi) is 7.67. The van der Waals surface area contributed by atoms with E-state index in [1.807, 2.05) is 33.8 Å². The third-order valence-corrected chi connectivity index (χ3v) is 8.10. The molecule has 1 aromatic carbocycles. The fourth-order valence-corrected chi connectivity index (χ4v) is 5.89. The summed E-state index contributed by atoms with van der Waals surface area (Å²) in [6, 6.07) is 4.56. The molecule has 1 saturated heterocycles. The first-order valence-corrected chi connectivity index (χ1v) is 14.3. The number of nitrogens with one attached hydrogen (secondary N) is 1. The summed E-state index contributed by atoms with van der Waals surface area (Å²) in [6.45, 7) is 10.4. The van der Waals surface area contributed by atoms with Gasteiger partial charge in [-0.25, -0.2) is 19.7 Å². The number of hydrogen-bond acceptors (Lipinski definition) is 8. The third kappa shape index (κ3) is 6.66. The number of carbonyl (C=O) groups is 2. The quantitative estimate of drug-likeness (QED) is 0.358. The van der Waals surface area contributed by atoms with Crippen LogP contribution in [0.5, 0.6) is 5.75 Å². The van der Waals surface area contributed by atoms with Crippen molar-refractivity contribution in [3.8, 4) is 16.3 Å². The first-order chi connectivity index (χ1) is 19.6. The predicted octanol–water partition coefficient (Wildman–Crippen LogP) is 6.20. The number of amides is 2. The minimum Gasteiger partial charge on any atom is -0.490 e. The van der Waals surface area contributed by atoms with Gasteiger partial charge in [0.25, 0.3) is 5.91 Å². The summed E-state index contributed by atoms with van der Waals surface area (Å²) >= 11 is 1.49.